The molecule has 2 heterocycles. The van der Waals surface area contributed by atoms with E-state index < -0.39 is 0 Å². The number of hydrogen-bond donors (Lipinski definition) is 2. The molecule has 7 heteroatoms. The van der Waals surface area contributed by atoms with E-state index in [-0.39, 0.29) is 11.8 Å². The molecule has 1 aromatic heterocycles. The Morgan fingerprint density at radius 2 is 1.70 bits per heavy atom. The van der Waals surface area contributed by atoms with Crippen LogP contribution < -0.4 is 15.0 Å². The third-order valence-corrected chi connectivity index (χ3v) is 5.89. The zero-order chi connectivity index (χ0) is 20.8. The molecule has 2 amide bonds. The molecule has 1 saturated heterocycles. The molecule has 1 fully saturated rings. The fourth-order valence-electron chi connectivity index (χ4n) is 3.45. The molecule has 4 rings (SSSR count). The van der Waals surface area contributed by atoms with E-state index in [2.05, 4.69) is 5.32 Å². The van der Waals surface area contributed by atoms with Crippen molar-refractivity contribution >= 4 is 28.8 Å². The highest BCUT2D eigenvalue weighted by Gasteiger charge is 2.26. The number of carbonyl (C=O) groups is 2. The predicted octanol–water partition coefficient (Wildman–Crippen LogP) is 2.52. The van der Waals surface area contributed by atoms with Crippen LogP contribution in [0.3, 0.4) is 0 Å². The Balaban J connectivity index is 1.30. The summed E-state index contributed by atoms with van der Waals surface area (Å²) in [6.45, 7) is 3.19. The highest BCUT2D eigenvalue weighted by atomic mass is 32.1. The predicted molar refractivity (Wildman–Crippen MR) is 117 cm³/mol. The average Bonchev–Trinajstić information content (AvgIpc) is 3.31. The Labute approximate surface area is 179 Å². The summed E-state index contributed by atoms with van der Waals surface area (Å²) >= 11 is 1.47. The van der Waals surface area contributed by atoms with Gasteiger partial charge in [0.1, 0.15) is 5.75 Å². The average molecular weight is 423 g/mol. The van der Waals surface area contributed by atoms with Crippen molar-refractivity contribution in [1.29, 1.82) is 0 Å². The number of amides is 2. The second-order valence-electron chi connectivity index (χ2n) is 7.16. The minimum atomic E-state index is -0.0628. The van der Waals surface area contributed by atoms with Gasteiger partial charge in [-0.05, 0) is 35.7 Å². The standard InChI is InChI=1S/C23H23N3O3S/c27-22(17-25-12-14-26(15-13-25)23(28)21-11-6-16-30-21)24-19-9-4-5-10-20(19)29-18-7-2-1-3-8-18/h1-11,16H,12-15,17H2,(H,24,27)/p+1. The van der Waals surface area contributed by atoms with Crippen molar-refractivity contribution in [2.75, 3.05) is 38.0 Å². The topological polar surface area (TPSA) is 63.1 Å². The first kappa shape index (κ1) is 20.1. The van der Waals surface area contributed by atoms with E-state index in [1.54, 1.807) is 0 Å². The number of hydrogen-bond acceptors (Lipinski definition) is 4. The van der Waals surface area contributed by atoms with Gasteiger partial charge in [-0.3, -0.25) is 9.59 Å². The van der Waals surface area contributed by atoms with Crippen LogP contribution in [0.15, 0.2) is 72.1 Å². The first-order chi connectivity index (χ1) is 14.7. The number of quaternary nitrogens is 1. The summed E-state index contributed by atoms with van der Waals surface area (Å²) in [4.78, 5) is 28.9. The van der Waals surface area contributed by atoms with Crippen molar-refractivity contribution in [1.82, 2.24) is 4.90 Å². The molecule has 0 aliphatic carbocycles. The van der Waals surface area contributed by atoms with Crippen LogP contribution in [0.5, 0.6) is 11.5 Å². The zero-order valence-electron chi connectivity index (χ0n) is 16.5. The molecule has 1 aliphatic rings. The SMILES string of the molecule is O=C(C[NH+]1CCN(C(=O)c2cccs2)CC1)Nc1ccccc1Oc1ccccc1. The van der Waals surface area contributed by atoms with E-state index >= 15 is 0 Å². The van der Waals surface area contributed by atoms with Crippen LogP contribution in [0.1, 0.15) is 9.67 Å². The molecule has 6 nitrogen and oxygen atoms in total. The molecule has 2 N–H and O–H groups in total. The van der Waals surface area contributed by atoms with Crippen molar-refractivity contribution in [3.05, 3.63) is 77.0 Å². The fourth-order valence-corrected chi connectivity index (χ4v) is 4.15. The van der Waals surface area contributed by atoms with E-state index in [0.717, 1.165) is 23.7 Å². The van der Waals surface area contributed by atoms with Crippen LogP contribution in [0.25, 0.3) is 0 Å². The number of rotatable bonds is 6. The maximum absolute atomic E-state index is 12.6. The Hall–Kier alpha value is -3.16. The summed E-state index contributed by atoms with van der Waals surface area (Å²) in [5, 5.41) is 4.89. The number of nitrogens with zero attached hydrogens (tertiary/aromatic N) is 1. The van der Waals surface area contributed by atoms with E-state index in [4.69, 9.17) is 4.74 Å². The van der Waals surface area contributed by atoms with Crippen LogP contribution in [0, 0.1) is 0 Å². The van der Waals surface area contributed by atoms with E-state index in [1.807, 2.05) is 77.0 Å². The molecule has 2 aromatic carbocycles. The van der Waals surface area contributed by atoms with Crippen molar-refractivity contribution in [2.24, 2.45) is 0 Å². The first-order valence-electron chi connectivity index (χ1n) is 9.97. The lowest BCUT2D eigenvalue weighted by Gasteiger charge is -2.31. The lowest BCUT2D eigenvalue weighted by Crippen LogP contribution is -3.15. The van der Waals surface area contributed by atoms with Crippen LogP contribution >= 0.6 is 11.3 Å². The Kier molecular flexibility index (Phi) is 6.41. The molecule has 0 atom stereocenters. The van der Waals surface area contributed by atoms with Gasteiger partial charge in [-0.2, -0.15) is 0 Å². The smallest absolute Gasteiger partial charge is 0.279 e. The largest absolute Gasteiger partial charge is 0.455 e. The molecule has 0 saturated carbocycles. The van der Waals surface area contributed by atoms with Gasteiger partial charge in [-0.25, -0.2) is 0 Å². The van der Waals surface area contributed by atoms with Crippen molar-refractivity contribution in [3.63, 3.8) is 0 Å². The summed E-state index contributed by atoms with van der Waals surface area (Å²) in [6.07, 6.45) is 0. The summed E-state index contributed by atoms with van der Waals surface area (Å²) in [5.41, 5.74) is 0.650. The van der Waals surface area contributed by atoms with Gasteiger partial charge in [0, 0.05) is 0 Å². The molecule has 154 valence electrons. The second kappa shape index (κ2) is 9.56. The van der Waals surface area contributed by atoms with Crippen LogP contribution in [-0.4, -0.2) is 49.4 Å². The van der Waals surface area contributed by atoms with Gasteiger partial charge in [-0.15, -0.1) is 11.3 Å². The van der Waals surface area contributed by atoms with Gasteiger partial charge in [0.05, 0.1) is 36.7 Å². The highest BCUT2D eigenvalue weighted by molar-refractivity contribution is 7.12. The number of para-hydroxylation sites is 3. The lowest BCUT2D eigenvalue weighted by atomic mass is 10.2. The highest BCUT2D eigenvalue weighted by Crippen LogP contribution is 2.28. The molecular formula is C23H24N3O3S+. The van der Waals surface area contributed by atoms with Gasteiger partial charge in [0.2, 0.25) is 0 Å². The van der Waals surface area contributed by atoms with Gasteiger partial charge >= 0.3 is 0 Å². The molecule has 3 aromatic rings. The van der Waals surface area contributed by atoms with Crippen LogP contribution in [0.4, 0.5) is 5.69 Å². The molecule has 1 aliphatic heterocycles. The second-order valence-corrected chi connectivity index (χ2v) is 8.10. The molecule has 0 radical (unpaired) electrons. The number of piperazine rings is 1. The first-order valence-corrected chi connectivity index (χ1v) is 10.8. The molecule has 30 heavy (non-hydrogen) atoms. The summed E-state index contributed by atoms with van der Waals surface area (Å²) < 4.78 is 5.91. The zero-order valence-corrected chi connectivity index (χ0v) is 17.4. The quantitative estimate of drug-likeness (QED) is 0.642. The maximum Gasteiger partial charge on any atom is 0.279 e. The number of carbonyl (C=O) groups excluding carboxylic acids is 2. The van der Waals surface area contributed by atoms with Gasteiger partial charge < -0.3 is 19.9 Å². The third kappa shape index (κ3) is 5.06. The minimum Gasteiger partial charge on any atom is -0.455 e. The number of ether oxygens (including phenoxy) is 1. The Morgan fingerprint density at radius 1 is 0.967 bits per heavy atom. The lowest BCUT2D eigenvalue weighted by molar-refractivity contribution is -0.895. The monoisotopic (exact) mass is 422 g/mol. The van der Waals surface area contributed by atoms with E-state index in [1.165, 1.54) is 16.2 Å². The number of benzene rings is 2. The van der Waals surface area contributed by atoms with Crippen molar-refractivity contribution < 1.29 is 19.2 Å². The van der Waals surface area contributed by atoms with Gasteiger partial charge in [-0.1, -0.05) is 36.4 Å². The summed E-state index contributed by atoms with van der Waals surface area (Å²) in [5.74, 6) is 1.35. The maximum atomic E-state index is 12.6. The fraction of sp³-hybridized carbons (Fsp3) is 0.217. The summed E-state index contributed by atoms with van der Waals surface area (Å²) in [7, 11) is 0. The molecule has 0 bridgehead atoms. The van der Waals surface area contributed by atoms with Crippen molar-refractivity contribution in [3.8, 4) is 11.5 Å². The Bertz CT molecular complexity index is 984. The van der Waals surface area contributed by atoms with Gasteiger partial charge in [0.25, 0.3) is 11.8 Å². The van der Waals surface area contributed by atoms with E-state index in [9.17, 15) is 9.59 Å². The number of thiophene rings is 1. The third-order valence-electron chi connectivity index (χ3n) is 5.03. The molecule has 0 spiro atoms. The van der Waals surface area contributed by atoms with E-state index in [0.29, 0.717) is 31.1 Å². The van der Waals surface area contributed by atoms with Crippen molar-refractivity contribution in [2.45, 2.75) is 0 Å². The summed E-state index contributed by atoms with van der Waals surface area (Å²) in [6, 6.07) is 20.7. The normalized spacial score (nSPS) is 14.3. The minimum absolute atomic E-state index is 0.0628. The van der Waals surface area contributed by atoms with Gasteiger partial charge in [0.15, 0.2) is 12.3 Å². The molecular weight excluding hydrogens is 398 g/mol. The van der Waals surface area contributed by atoms with Crippen LogP contribution in [-0.2, 0) is 4.79 Å². The van der Waals surface area contributed by atoms with Crippen LogP contribution in [0.2, 0.25) is 0 Å². The number of anilines is 1. The molecule has 0 unspecified atom stereocenters. The Morgan fingerprint density at radius 3 is 2.43 bits per heavy atom. The number of nitrogens with one attached hydrogen (secondary N) is 2.